The smallest absolute Gasteiger partial charge is 0.307 e. The highest BCUT2D eigenvalue weighted by atomic mass is 16.5. The number of carboxylic acids is 1. The van der Waals surface area contributed by atoms with E-state index in [0.29, 0.717) is 19.0 Å². The van der Waals surface area contributed by atoms with Crippen molar-refractivity contribution in [1.82, 2.24) is 9.88 Å². The first-order valence-corrected chi connectivity index (χ1v) is 6.00. The maximum absolute atomic E-state index is 10.8. The van der Waals surface area contributed by atoms with Gasteiger partial charge < -0.3 is 9.84 Å². The molecule has 0 aliphatic rings. The van der Waals surface area contributed by atoms with Gasteiger partial charge in [0.05, 0.1) is 13.0 Å². The Bertz CT molecular complexity index is 378. The summed E-state index contributed by atoms with van der Waals surface area (Å²) in [6.45, 7) is 5.79. The molecule has 0 aromatic carbocycles. The van der Waals surface area contributed by atoms with Gasteiger partial charge in [0, 0.05) is 25.4 Å². The normalized spacial score (nSPS) is 12.4. The summed E-state index contributed by atoms with van der Waals surface area (Å²) in [5, 5.41) is 8.91. The molecule has 1 unspecified atom stereocenters. The van der Waals surface area contributed by atoms with Crippen LogP contribution in [0.3, 0.4) is 0 Å². The predicted octanol–water partition coefficient (Wildman–Crippen LogP) is 1.63. The SMILES string of the molecule is CCN(Cc1ccc(OC)nc1)CC(C)C(=O)O. The topological polar surface area (TPSA) is 62.7 Å². The van der Waals surface area contributed by atoms with Gasteiger partial charge in [-0.3, -0.25) is 9.69 Å². The Morgan fingerprint density at radius 2 is 2.28 bits per heavy atom. The summed E-state index contributed by atoms with van der Waals surface area (Å²) in [7, 11) is 1.58. The van der Waals surface area contributed by atoms with Crippen molar-refractivity contribution in [1.29, 1.82) is 0 Å². The van der Waals surface area contributed by atoms with Crippen molar-refractivity contribution in [2.45, 2.75) is 20.4 Å². The Kier molecular flexibility index (Phi) is 5.58. The van der Waals surface area contributed by atoms with Gasteiger partial charge in [0.25, 0.3) is 0 Å². The lowest BCUT2D eigenvalue weighted by Gasteiger charge is -2.22. The molecule has 0 saturated heterocycles. The number of ether oxygens (including phenoxy) is 1. The second-order valence-corrected chi connectivity index (χ2v) is 4.28. The number of nitrogens with zero attached hydrogens (tertiary/aromatic N) is 2. The van der Waals surface area contributed by atoms with Gasteiger partial charge in [0.1, 0.15) is 0 Å². The van der Waals surface area contributed by atoms with Crippen molar-refractivity contribution < 1.29 is 14.6 Å². The Morgan fingerprint density at radius 1 is 1.56 bits per heavy atom. The molecule has 100 valence electrons. The highest BCUT2D eigenvalue weighted by Crippen LogP contribution is 2.10. The number of hydrogen-bond donors (Lipinski definition) is 1. The molecule has 1 heterocycles. The molecular formula is C13H20N2O3. The molecule has 18 heavy (non-hydrogen) atoms. The van der Waals surface area contributed by atoms with Crippen molar-refractivity contribution in [3.63, 3.8) is 0 Å². The monoisotopic (exact) mass is 252 g/mol. The maximum Gasteiger partial charge on any atom is 0.307 e. The van der Waals surface area contributed by atoms with Crippen LogP contribution in [0.2, 0.25) is 0 Å². The zero-order chi connectivity index (χ0) is 13.5. The van der Waals surface area contributed by atoms with Crippen LogP contribution in [-0.2, 0) is 11.3 Å². The Hall–Kier alpha value is -1.62. The summed E-state index contributed by atoms with van der Waals surface area (Å²) in [4.78, 5) is 17.1. The number of carboxylic acid groups (broad SMARTS) is 1. The average molecular weight is 252 g/mol. The molecule has 1 aromatic heterocycles. The highest BCUT2D eigenvalue weighted by molar-refractivity contribution is 5.69. The molecule has 0 aliphatic heterocycles. The second kappa shape index (κ2) is 6.96. The number of aromatic nitrogens is 1. The van der Waals surface area contributed by atoms with E-state index >= 15 is 0 Å². The van der Waals surface area contributed by atoms with E-state index in [1.54, 1.807) is 20.2 Å². The van der Waals surface area contributed by atoms with Gasteiger partial charge >= 0.3 is 5.97 Å². The molecular weight excluding hydrogens is 232 g/mol. The van der Waals surface area contributed by atoms with E-state index in [2.05, 4.69) is 9.88 Å². The van der Waals surface area contributed by atoms with E-state index in [0.717, 1.165) is 12.1 Å². The fraction of sp³-hybridized carbons (Fsp3) is 0.538. The average Bonchev–Trinajstić information content (AvgIpc) is 2.38. The second-order valence-electron chi connectivity index (χ2n) is 4.28. The fourth-order valence-electron chi connectivity index (χ4n) is 1.65. The Morgan fingerprint density at radius 3 is 2.72 bits per heavy atom. The number of hydrogen-bond acceptors (Lipinski definition) is 4. The first-order valence-electron chi connectivity index (χ1n) is 6.00. The van der Waals surface area contributed by atoms with Gasteiger partial charge in [-0.2, -0.15) is 0 Å². The van der Waals surface area contributed by atoms with Gasteiger partial charge in [-0.05, 0) is 12.1 Å². The summed E-state index contributed by atoms with van der Waals surface area (Å²) in [6.07, 6.45) is 1.76. The molecule has 5 nitrogen and oxygen atoms in total. The van der Waals surface area contributed by atoms with Gasteiger partial charge in [-0.1, -0.05) is 19.9 Å². The van der Waals surface area contributed by atoms with Crippen molar-refractivity contribution >= 4 is 5.97 Å². The zero-order valence-electron chi connectivity index (χ0n) is 11.1. The molecule has 0 spiro atoms. The minimum Gasteiger partial charge on any atom is -0.481 e. The third-order valence-corrected chi connectivity index (χ3v) is 2.81. The minimum atomic E-state index is -0.763. The molecule has 0 fully saturated rings. The standard InChI is InChI=1S/C13H20N2O3/c1-4-15(8-10(2)13(16)17)9-11-5-6-12(18-3)14-7-11/h5-7,10H,4,8-9H2,1-3H3,(H,16,17). The number of rotatable bonds is 7. The van der Waals surface area contributed by atoms with Crippen LogP contribution in [0.4, 0.5) is 0 Å². The van der Waals surface area contributed by atoms with E-state index in [4.69, 9.17) is 9.84 Å². The molecule has 1 rings (SSSR count). The van der Waals surface area contributed by atoms with E-state index in [1.165, 1.54) is 0 Å². The molecule has 1 N–H and O–H groups in total. The zero-order valence-corrected chi connectivity index (χ0v) is 11.1. The van der Waals surface area contributed by atoms with Crippen LogP contribution < -0.4 is 4.74 Å². The largest absolute Gasteiger partial charge is 0.481 e. The van der Waals surface area contributed by atoms with Crippen molar-refractivity contribution in [3.05, 3.63) is 23.9 Å². The van der Waals surface area contributed by atoms with Gasteiger partial charge in [0.2, 0.25) is 5.88 Å². The summed E-state index contributed by atoms with van der Waals surface area (Å²) in [6, 6.07) is 3.75. The van der Waals surface area contributed by atoms with Gasteiger partial charge in [0.15, 0.2) is 0 Å². The summed E-state index contributed by atoms with van der Waals surface area (Å²) in [5.74, 6) is -0.543. The first kappa shape index (κ1) is 14.4. The van der Waals surface area contributed by atoms with Crippen LogP contribution in [-0.4, -0.2) is 41.2 Å². The summed E-state index contributed by atoms with van der Waals surface area (Å²) >= 11 is 0. The van der Waals surface area contributed by atoms with Crippen LogP contribution in [0.25, 0.3) is 0 Å². The van der Waals surface area contributed by atoms with E-state index in [-0.39, 0.29) is 5.92 Å². The summed E-state index contributed by atoms with van der Waals surface area (Å²) in [5.41, 5.74) is 1.05. The number of pyridine rings is 1. The Labute approximate surface area is 107 Å². The predicted molar refractivity (Wildman–Crippen MR) is 68.5 cm³/mol. The summed E-state index contributed by atoms with van der Waals surface area (Å²) < 4.78 is 4.99. The minimum absolute atomic E-state index is 0.365. The van der Waals surface area contributed by atoms with Crippen LogP contribution in [0.1, 0.15) is 19.4 Å². The van der Waals surface area contributed by atoms with Crippen molar-refractivity contribution in [2.24, 2.45) is 5.92 Å². The van der Waals surface area contributed by atoms with E-state index in [1.807, 2.05) is 19.1 Å². The highest BCUT2D eigenvalue weighted by Gasteiger charge is 2.15. The molecule has 5 heteroatoms. The lowest BCUT2D eigenvalue weighted by molar-refractivity contribution is -0.141. The maximum atomic E-state index is 10.8. The number of methoxy groups -OCH3 is 1. The van der Waals surface area contributed by atoms with E-state index < -0.39 is 5.97 Å². The number of aliphatic carboxylic acids is 1. The van der Waals surface area contributed by atoms with Crippen molar-refractivity contribution in [2.75, 3.05) is 20.2 Å². The van der Waals surface area contributed by atoms with Crippen molar-refractivity contribution in [3.8, 4) is 5.88 Å². The quantitative estimate of drug-likeness (QED) is 0.799. The molecule has 0 saturated carbocycles. The molecule has 0 amide bonds. The van der Waals surface area contributed by atoms with Crippen LogP contribution >= 0.6 is 0 Å². The van der Waals surface area contributed by atoms with E-state index in [9.17, 15) is 4.79 Å². The molecule has 0 radical (unpaired) electrons. The Balaban J connectivity index is 2.58. The van der Waals surface area contributed by atoms with Crippen LogP contribution in [0.5, 0.6) is 5.88 Å². The third-order valence-electron chi connectivity index (χ3n) is 2.81. The molecule has 0 bridgehead atoms. The molecule has 1 aromatic rings. The fourth-order valence-corrected chi connectivity index (χ4v) is 1.65. The lowest BCUT2D eigenvalue weighted by atomic mass is 10.1. The van der Waals surface area contributed by atoms with Crippen LogP contribution in [0.15, 0.2) is 18.3 Å². The number of carbonyl (C=O) groups is 1. The third kappa shape index (κ3) is 4.33. The first-order chi connectivity index (χ1) is 8.56. The van der Waals surface area contributed by atoms with Gasteiger partial charge in [-0.25, -0.2) is 4.98 Å². The lowest BCUT2D eigenvalue weighted by Crippen LogP contribution is -2.31. The van der Waals surface area contributed by atoms with Crippen LogP contribution in [0, 0.1) is 5.92 Å². The molecule has 1 atom stereocenters. The molecule has 0 aliphatic carbocycles. The van der Waals surface area contributed by atoms with Gasteiger partial charge in [-0.15, -0.1) is 0 Å².